The molecule has 172 valence electrons. The molecule has 0 amide bonds. The lowest BCUT2D eigenvalue weighted by atomic mass is 10.1. The molecule has 33 heavy (non-hydrogen) atoms. The Bertz CT molecular complexity index is 1410. The number of nitrogens with zero attached hydrogens (tertiary/aromatic N) is 3. The predicted octanol–water partition coefficient (Wildman–Crippen LogP) is 2.69. The van der Waals surface area contributed by atoms with Crippen molar-refractivity contribution in [2.24, 2.45) is 5.14 Å². The van der Waals surface area contributed by atoms with Crippen molar-refractivity contribution in [1.82, 2.24) is 19.5 Å². The molecule has 0 unspecified atom stereocenters. The summed E-state index contributed by atoms with van der Waals surface area (Å²) in [5, 5.41) is 18.4. The van der Waals surface area contributed by atoms with Gasteiger partial charge in [0.2, 0.25) is 0 Å². The van der Waals surface area contributed by atoms with Crippen LogP contribution >= 0.6 is 0 Å². The van der Waals surface area contributed by atoms with E-state index in [4.69, 9.17) is 10.2 Å². The van der Waals surface area contributed by atoms with E-state index in [-0.39, 0.29) is 23.7 Å². The molecule has 4 rings (SSSR count). The fraction of sp³-hybridized carbons (Fsp3) is 0.0952. The summed E-state index contributed by atoms with van der Waals surface area (Å²) in [6.45, 7) is 1.63. The molecule has 2 aromatic heterocycles. The van der Waals surface area contributed by atoms with Crippen LogP contribution in [0, 0.1) is 18.6 Å². The van der Waals surface area contributed by atoms with E-state index in [1.165, 1.54) is 41.5 Å². The van der Waals surface area contributed by atoms with Gasteiger partial charge in [-0.15, -0.1) is 0 Å². The van der Waals surface area contributed by atoms with Crippen LogP contribution in [0.5, 0.6) is 0 Å². The predicted molar refractivity (Wildman–Crippen MR) is 117 cm³/mol. The third-order valence-electron chi connectivity index (χ3n) is 4.51. The number of carbonyl (C=O) groups is 1. The number of nitrogens with two attached hydrogens (primary N) is 1. The molecular formula is C21H19F2N5O4S. The van der Waals surface area contributed by atoms with Crippen LogP contribution in [0.2, 0.25) is 0 Å². The number of benzene rings is 2. The van der Waals surface area contributed by atoms with E-state index >= 15 is 0 Å². The molecule has 0 spiro atoms. The van der Waals surface area contributed by atoms with Gasteiger partial charge in [-0.1, -0.05) is 12.1 Å². The van der Waals surface area contributed by atoms with E-state index in [0.717, 1.165) is 0 Å². The summed E-state index contributed by atoms with van der Waals surface area (Å²) in [6.07, 6.45) is 4.27. The normalized spacial score (nSPS) is 11.2. The lowest BCUT2D eigenvalue weighted by molar-refractivity contribution is 0.0698. The van der Waals surface area contributed by atoms with Gasteiger partial charge in [-0.2, -0.15) is 18.2 Å². The standard InChI is InChI=1S/C13H8FN3O2.C8H11FN2O2S/c14-8-1-3-9(4-2-8)17-12-7-15-5-11(13(18)19)10(12)6-16-17;1-6-2-3-7(4-8(6)9)5-11-14(10,12)13/h1-7H,(H,18,19);2-4,11H,5H2,1H3,(H2,10,12,13). The van der Waals surface area contributed by atoms with Crippen LogP contribution in [0.4, 0.5) is 8.78 Å². The van der Waals surface area contributed by atoms with Crippen LogP contribution in [0.25, 0.3) is 16.6 Å². The molecule has 9 nitrogen and oxygen atoms in total. The highest BCUT2D eigenvalue weighted by atomic mass is 32.2. The van der Waals surface area contributed by atoms with Crippen LogP contribution in [0.1, 0.15) is 21.5 Å². The average Bonchev–Trinajstić information content (AvgIpc) is 3.19. The first-order valence-electron chi connectivity index (χ1n) is 9.38. The minimum atomic E-state index is -3.72. The Balaban J connectivity index is 0.000000196. The van der Waals surface area contributed by atoms with Crippen molar-refractivity contribution in [2.75, 3.05) is 0 Å². The Kier molecular flexibility index (Phi) is 7.11. The second kappa shape index (κ2) is 9.81. The molecule has 0 saturated heterocycles. The molecule has 0 bridgehead atoms. The Morgan fingerprint density at radius 3 is 2.42 bits per heavy atom. The number of aryl methyl sites for hydroxylation is 1. The number of aromatic carboxylic acids is 1. The van der Waals surface area contributed by atoms with Gasteiger partial charge in [-0.05, 0) is 48.4 Å². The largest absolute Gasteiger partial charge is 0.478 e. The van der Waals surface area contributed by atoms with E-state index in [1.54, 1.807) is 31.2 Å². The first-order chi connectivity index (χ1) is 15.5. The maximum Gasteiger partial charge on any atom is 0.338 e. The van der Waals surface area contributed by atoms with E-state index in [0.29, 0.717) is 27.7 Å². The van der Waals surface area contributed by atoms with Gasteiger partial charge in [-0.3, -0.25) is 4.98 Å². The maximum absolute atomic E-state index is 13.0. The highest BCUT2D eigenvalue weighted by Gasteiger charge is 2.13. The number of pyridine rings is 1. The summed E-state index contributed by atoms with van der Waals surface area (Å²) in [5.41, 5.74) is 2.34. The Labute approximate surface area is 187 Å². The van der Waals surface area contributed by atoms with Crippen LogP contribution in [-0.4, -0.2) is 34.3 Å². The van der Waals surface area contributed by atoms with Crippen molar-refractivity contribution < 1.29 is 27.1 Å². The Morgan fingerprint density at radius 1 is 1.12 bits per heavy atom. The van der Waals surface area contributed by atoms with Crippen LogP contribution in [0.15, 0.2) is 61.1 Å². The lowest BCUT2D eigenvalue weighted by Crippen LogP contribution is -2.30. The summed E-state index contributed by atoms with van der Waals surface area (Å²) >= 11 is 0. The van der Waals surface area contributed by atoms with Gasteiger partial charge in [0.1, 0.15) is 11.6 Å². The fourth-order valence-corrected chi connectivity index (χ4v) is 3.20. The van der Waals surface area contributed by atoms with Gasteiger partial charge < -0.3 is 5.11 Å². The first-order valence-corrected chi connectivity index (χ1v) is 10.9. The van der Waals surface area contributed by atoms with Crippen LogP contribution in [0.3, 0.4) is 0 Å². The molecule has 2 heterocycles. The molecule has 0 radical (unpaired) electrons. The zero-order chi connectivity index (χ0) is 24.2. The SMILES string of the molecule is Cc1ccc(CNS(N)(=O)=O)cc1F.O=C(O)c1cncc2c1cnn2-c1ccc(F)cc1. The monoisotopic (exact) mass is 475 g/mol. The van der Waals surface area contributed by atoms with Crippen molar-refractivity contribution in [3.63, 3.8) is 0 Å². The first kappa shape index (κ1) is 23.9. The molecular weight excluding hydrogens is 456 g/mol. The van der Waals surface area contributed by atoms with Gasteiger partial charge in [0.25, 0.3) is 10.2 Å². The lowest BCUT2D eigenvalue weighted by Gasteiger charge is -2.03. The number of hydrogen-bond acceptors (Lipinski definition) is 5. The quantitative estimate of drug-likeness (QED) is 0.405. The van der Waals surface area contributed by atoms with Crippen molar-refractivity contribution in [1.29, 1.82) is 0 Å². The topological polar surface area (TPSA) is 140 Å². The maximum atomic E-state index is 13.0. The van der Waals surface area contributed by atoms with Gasteiger partial charge in [0.15, 0.2) is 0 Å². The highest BCUT2D eigenvalue weighted by Crippen LogP contribution is 2.20. The second-order valence-corrected chi connectivity index (χ2v) is 8.29. The Hall–Kier alpha value is -3.74. The van der Waals surface area contributed by atoms with E-state index < -0.39 is 16.2 Å². The van der Waals surface area contributed by atoms with Gasteiger partial charge >= 0.3 is 5.97 Å². The van der Waals surface area contributed by atoms with Crippen molar-refractivity contribution in [3.8, 4) is 5.69 Å². The minimum absolute atomic E-state index is 0.00394. The molecule has 0 fully saturated rings. The van der Waals surface area contributed by atoms with Gasteiger partial charge in [0, 0.05) is 18.1 Å². The molecule has 4 N–H and O–H groups in total. The fourth-order valence-electron chi connectivity index (χ4n) is 2.83. The third kappa shape index (κ3) is 6.16. The molecule has 0 saturated carbocycles. The second-order valence-electron chi connectivity index (χ2n) is 6.91. The number of nitrogens with one attached hydrogen (secondary N) is 1. The van der Waals surface area contributed by atoms with Gasteiger partial charge in [-0.25, -0.2) is 23.4 Å². The zero-order valence-electron chi connectivity index (χ0n) is 17.2. The smallest absolute Gasteiger partial charge is 0.338 e. The zero-order valence-corrected chi connectivity index (χ0v) is 18.1. The minimum Gasteiger partial charge on any atom is -0.478 e. The number of aromatic nitrogens is 3. The van der Waals surface area contributed by atoms with Crippen LogP contribution < -0.4 is 9.86 Å². The van der Waals surface area contributed by atoms with Crippen molar-refractivity contribution in [2.45, 2.75) is 13.5 Å². The average molecular weight is 475 g/mol. The molecule has 2 aromatic carbocycles. The number of carboxylic acid groups (broad SMARTS) is 1. The molecule has 0 aliphatic heterocycles. The van der Waals surface area contributed by atoms with Crippen LogP contribution in [-0.2, 0) is 16.8 Å². The molecule has 0 atom stereocenters. The van der Waals surface area contributed by atoms with E-state index in [1.807, 2.05) is 0 Å². The van der Waals surface area contributed by atoms with E-state index in [9.17, 15) is 22.0 Å². The summed E-state index contributed by atoms with van der Waals surface area (Å²) < 4.78 is 50.5. The molecule has 12 heteroatoms. The summed E-state index contributed by atoms with van der Waals surface area (Å²) in [6, 6.07) is 10.2. The number of hydrogen-bond donors (Lipinski definition) is 3. The van der Waals surface area contributed by atoms with Crippen molar-refractivity contribution >= 4 is 27.1 Å². The van der Waals surface area contributed by atoms with E-state index in [2.05, 4.69) is 14.8 Å². The van der Waals surface area contributed by atoms with Gasteiger partial charge in [0.05, 0.1) is 29.2 Å². The third-order valence-corrected chi connectivity index (χ3v) is 5.06. The van der Waals surface area contributed by atoms with Crippen molar-refractivity contribution in [3.05, 3.63) is 89.4 Å². The molecule has 0 aliphatic carbocycles. The summed E-state index contributed by atoms with van der Waals surface area (Å²) in [5.74, 6) is -1.76. The number of fused-ring (bicyclic) bond motifs is 1. The number of halogens is 2. The molecule has 0 aliphatic rings. The summed E-state index contributed by atoms with van der Waals surface area (Å²) in [7, 11) is -3.72. The number of carboxylic acids is 1. The summed E-state index contributed by atoms with van der Waals surface area (Å²) in [4.78, 5) is 15.0. The number of rotatable bonds is 5. The highest BCUT2D eigenvalue weighted by molar-refractivity contribution is 7.87. The Morgan fingerprint density at radius 2 is 1.82 bits per heavy atom. The molecule has 4 aromatic rings.